The van der Waals surface area contributed by atoms with Crippen LogP contribution < -0.4 is 15.1 Å². The van der Waals surface area contributed by atoms with Gasteiger partial charge in [-0.2, -0.15) is 0 Å². The molecule has 4 bridgehead atoms. The van der Waals surface area contributed by atoms with Crippen LogP contribution in [0.1, 0.15) is 44.1 Å². The number of benzene rings is 1. The predicted octanol–water partition coefficient (Wildman–Crippen LogP) is 4.72. The van der Waals surface area contributed by atoms with Crippen molar-refractivity contribution in [2.75, 3.05) is 41.4 Å². The van der Waals surface area contributed by atoms with Gasteiger partial charge in [-0.25, -0.2) is 4.98 Å². The number of hydrogen-bond acceptors (Lipinski definition) is 5. The van der Waals surface area contributed by atoms with Crippen LogP contribution in [0.3, 0.4) is 0 Å². The van der Waals surface area contributed by atoms with Crippen LogP contribution in [0.2, 0.25) is 0 Å². The molecule has 6 aliphatic rings. The van der Waals surface area contributed by atoms with E-state index in [-0.39, 0.29) is 5.41 Å². The smallest absolute Gasteiger partial charge is 0.233 e. The summed E-state index contributed by atoms with van der Waals surface area (Å²) in [6.07, 6.45) is 9.11. The largest absolute Gasteiger partial charge is 0.378 e. The minimum absolute atomic E-state index is 0.173. The Labute approximate surface area is 195 Å². The summed E-state index contributed by atoms with van der Waals surface area (Å²) in [7, 11) is 0. The molecule has 8 rings (SSSR count). The first-order valence-corrected chi connectivity index (χ1v) is 12.7. The quantitative estimate of drug-likeness (QED) is 0.726. The number of anilines is 4. The molecule has 0 atom stereocenters. The van der Waals surface area contributed by atoms with Crippen LogP contribution in [0.25, 0.3) is 0 Å². The number of pyridine rings is 1. The summed E-state index contributed by atoms with van der Waals surface area (Å²) < 4.78 is 5.57. The maximum absolute atomic E-state index is 14.5. The Morgan fingerprint density at radius 1 is 1.03 bits per heavy atom. The van der Waals surface area contributed by atoms with Gasteiger partial charge in [-0.1, -0.05) is 6.07 Å². The first kappa shape index (κ1) is 19.8. The molecule has 1 aromatic heterocycles. The number of morpholine rings is 1. The van der Waals surface area contributed by atoms with Crippen LogP contribution in [-0.4, -0.2) is 37.2 Å². The van der Waals surface area contributed by atoms with Gasteiger partial charge in [-0.15, -0.1) is 0 Å². The Morgan fingerprint density at radius 3 is 2.48 bits per heavy atom. The zero-order valence-electron chi connectivity index (χ0n) is 19.1. The molecule has 33 heavy (non-hydrogen) atoms. The number of nitrogens with one attached hydrogen (secondary N) is 1. The van der Waals surface area contributed by atoms with Crippen molar-refractivity contribution in [2.24, 2.45) is 23.2 Å². The van der Waals surface area contributed by atoms with E-state index in [2.05, 4.69) is 44.4 Å². The van der Waals surface area contributed by atoms with Crippen LogP contribution in [-0.2, 0) is 16.1 Å². The number of carbonyl (C=O) groups excluding carboxylic acids is 1. The van der Waals surface area contributed by atoms with E-state index in [1.807, 2.05) is 12.3 Å². The maximum Gasteiger partial charge on any atom is 0.233 e. The monoisotopic (exact) mass is 444 g/mol. The Hall–Kier alpha value is -2.60. The number of amides is 1. The van der Waals surface area contributed by atoms with Crippen LogP contribution in [0.5, 0.6) is 0 Å². The van der Waals surface area contributed by atoms with Crippen LogP contribution in [0, 0.1) is 23.2 Å². The SMILES string of the molecule is O=C(N1Cc2cccnc2Nc2ccc(N3CCOCC3)cc21)C12CC3CC(CC(C3)C1)C2. The molecule has 1 saturated heterocycles. The normalized spacial score (nSPS) is 32.1. The van der Waals surface area contributed by atoms with Gasteiger partial charge in [0.15, 0.2) is 0 Å². The van der Waals surface area contributed by atoms with Crippen molar-refractivity contribution in [3.63, 3.8) is 0 Å². The zero-order chi connectivity index (χ0) is 22.0. The Bertz CT molecular complexity index is 1060. The van der Waals surface area contributed by atoms with Gasteiger partial charge < -0.3 is 19.9 Å². The summed E-state index contributed by atoms with van der Waals surface area (Å²) in [6, 6.07) is 10.6. The molecule has 0 spiro atoms. The summed E-state index contributed by atoms with van der Waals surface area (Å²) in [6.45, 7) is 3.85. The topological polar surface area (TPSA) is 57.7 Å². The highest BCUT2D eigenvalue weighted by Gasteiger charge is 2.56. The predicted molar refractivity (Wildman–Crippen MR) is 129 cm³/mol. The highest BCUT2D eigenvalue weighted by Crippen LogP contribution is 2.61. The van der Waals surface area contributed by atoms with E-state index in [0.717, 1.165) is 86.1 Å². The van der Waals surface area contributed by atoms with E-state index < -0.39 is 0 Å². The van der Waals surface area contributed by atoms with Crippen molar-refractivity contribution in [3.8, 4) is 0 Å². The summed E-state index contributed by atoms with van der Waals surface area (Å²) in [5.41, 5.74) is 4.05. The molecule has 1 amide bonds. The van der Waals surface area contributed by atoms with Crippen molar-refractivity contribution in [1.82, 2.24) is 4.98 Å². The first-order valence-electron chi connectivity index (χ1n) is 12.7. The highest BCUT2D eigenvalue weighted by atomic mass is 16.5. The van der Waals surface area contributed by atoms with Gasteiger partial charge in [0.25, 0.3) is 0 Å². The fraction of sp³-hybridized carbons (Fsp3) is 0.556. The van der Waals surface area contributed by atoms with Gasteiger partial charge in [-0.05, 0) is 80.5 Å². The Balaban J connectivity index is 1.31. The summed E-state index contributed by atoms with van der Waals surface area (Å²) >= 11 is 0. The van der Waals surface area contributed by atoms with Crippen molar-refractivity contribution in [2.45, 2.75) is 45.1 Å². The molecule has 1 N–H and O–H groups in total. The molecular formula is C27H32N4O2. The summed E-state index contributed by atoms with van der Waals surface area (Å²) in [5.74, 6) is 3.45. The van der Waals surface area contributed by atoms with E-state index in [1.165, 1.54) is 24.9 Å². The van der Waals surface area contributed by atoms with Gasteiger partial charge in [0.2, 0.25) is 5.91 Å². The van der Waals surface area contributed by atoms with Crippen molar-refractivity contribution >= 4 is 28.8 Å². The third-order valence-corrected chi connectivity index (χ3v) is 8.86. The number of ether oxygens (including phenoxy) is 1. The molecule has 0 unspecified atom stereocenters. The molecular weight excluding hydrogens is 412 g/mol. The lowest BCUT2D eigenvalue weighted by Gasteiger charge is -2.56. The molecule has 4 saturated carbocycles. The average Bonchev–Trinajstić information content (AvgIpc) is 2.99. The lowest BCUT2D eigenvalue weighted by atomic mass is 9.49. The summed E-state index contributed by atoms with van der Waals surface area (Å²) in [5, 5.41) is 3.54. The van der Waals surface area contributed by atoms with Crippen molar-refractivity contribution in [1.29, 1.82) is 0 Å². The van der Waals surface area contributed by atoms with E-state index in [1.54, 1.807) is 0 Å². The Kier molecular flexibility index (Phi) is 4.48. The van der Waals surface area contributed by atoms with Gasteiger partial charge in [0.1, 0.15) is 5.82 Å². The second-order valence-corrected chi connectivity index (χ2v) is 11.0. The molecule has 0 radical (unpaired) electrons. The minimum Gasteiger partial charge on any atom is -0.378 e. The van der Waals surface area contributed by atoms with Crippen molar-refractivity contribution in [3.05, 3.63) is 42.1 Å². The van der Waals surface area contributed by atoms with E-state index in [9.17, 15) is 4.79 Å². The fourth-order valence-electron chi connectivity index (χ4n) is 7.77. The number of fused-ring (bicyclic) bond motifs is 2. The molecule has 4 aliphatic carbocycles. The summed E-state index contributed by atoms with van der Waals surface area (Å²) in [4.78, 5) is 23.6. The maximum atomic E-state index is 14.5. The molecule has 1 aromatic carbocycles. The lowest BCUT2D eigenvalue weighted by molar-refractivity contribution is -0.143. The molecule has 3 heterocycles. The highest BCUT2D eigenvalue weighted by molar-refractivity contribution is 6.02. The number of hydrogen-bond donors (Lipinski definition) is 1. The van der Waals surface area contributed by atoms with Gasteiger partial charge in [0, 0.05) is 30.5 Å². The third kappa shape index (κ3) is 3.25. The fourth-order valence-corrected chi connectivity index (χ4v) is 7.77. The van der Waals surface area contributed by atoms with Gasteiger partial charge >= 0.3 is 0 Å². The van der Waals surface area contributed by atoms with E-state index in [4.69, 9.17) is 4.74 Å². The molecule has 6 nitrogen and oxygen atoms in total. The van der Waals surface area contributed by atoms with Crippen LogP contribution in [0.15, 0.2) is 36.5 Å². The van der Waals surface area contributed by atoms with Gasteiger partial charge in [0.05, 0.1) is 36.5 Å². The minimum atomic E-state index is -0.173. The lowest BCUT2D eigenvalue weighted by Crippen LogP contribution is -2.54. The van der Waals surface area contributed by atoms with Crippen LogP contribution >= 0.6 is 0 Å². The zero-order valence-corrected chi connectivity index (χ0v) is 19.1. The van der Waals surface area contributed by atoms with Crippen molar-refractivity contribution < 1.29 is 9.53 Å². The number of rotatable bonds is 2. The molecule has 2 aliphatic heterocycles. The van der Waals surface area contributed by atoms with E-state index in [0.29, 0.717) is 12.5 Å². The second kappa shape index (κ2) is 7.45. The molecule has 172 valence electrons. The number of carbonyl (C=O) groups is 1. The van der Waals surface area contributed by atoms with E-state index >= 15 is 0 Å². The molecule has 6 heteroatoms. The molecule has 2 aromatic rings. The standard InChI is InChI=1S/C27H32N4O2/c32-26(27-14-18-10-19(15-27)12-20(11-18)16-27)31-17-21-2-1-5-28-25(21)29-23-4-3-22(13-24(23)31)30-6-8-33-9-7-30/h1-5,13,18-20H,6-12,14-17H2,(H,28,29). The average molecular weight is 445 g/mol. The number of nitrogens with zero attached hydrogens (tertiary/aromatic N) is 3. The third-order valence-electron chi connectivity index (χ3n) is 8.86. The second-order valence-electron chi connectivity index (χ2n) is 11.0. The van der Waals surface area contributed by atoms with Crippen LogP contribution in [0.4, 0.5) is 22.9 Å². The number of aromatic nitrogens is 1. The first-order chi connectivity index (χ1) is 16.2. The Morgan fingerprint density at radius 2 is 1.76 bits per heavy atom. The van der Waals surface area contributed by atoms with Gasteiger partial charge in [-0.3, -0.25) is 4.79 Å². The molecule has 5 fully saturated rings.